The second-order valence-corrected chi connectivity index (χ2v) is 19.0. The maximum absolute atomic E-state index is 14.4. The van der Waals surface area contributed by atoms with Crippen LogP contribution in [0, 0.1) is 33.0 Å². The lowest BCUT2D eigenvalue weighted by atomic mass is 9.34. The summed E-state index contributed by atoms with van der Waals surface area (Å²) in [4.78, 5) is 53.5. The first-order valence-electron chi connectivity index (χ1n) is 18.1. The zero-order valence-electron chi connectivity index (χ0n) is 31.9. The average Bonchev–Trinajstić information content (AvgIpc) is 2.96. The molecule has 0 bridgehead atoms. The van der Waals surface area contributed by atoms with E-state index in [0.717, 1.165) is 43.3 Å². The molecule has 0 aromatic carbocycles. The fourth-order valence-corrected chi connectivity index (χ4v) is 10.1. The Bertz CT molecular complexity index is 1600. The fourth-order valence-electron chi connectivity index (χ4n) is 10.1. The third kappa shape index (κ3) is 6.24. The molecule has 7 atom stereocenters. The number of aliphatic hydroxyl groups is 1. The van der Waals surface area contributed by atoms with Crippen LogP contribution in [0.25, 0.3) is 0 Å². The lowest BCUT2D eigenvalue weighted by molar-refractivity contribution is -0.172. The number of rotatable bonds is 5. The summed E-state index contributed by atoms with van der Waals surface area (Å²) in [6.07, 6.45) is 11.8. The Morgan fingerprint density at radius 1 is 0.898 bits per heavy atom. The monoisotopic (exact) mass is 677 g/mol. The number of nitrogens with one attached hydrogen (secondary N) is 1. The summed E-state index contributed by atoms with van der Waals surface area (Å²) in [6, 6.07) is -1.16. The highest BCUT2D eigenvalue weighted by molar-refractivity contribution is 6.06. The Balaban J connectivity index is 1.46. The Morgan fingerprint density at radius 3 is 2.12 bits per heavy atom. The number of amides is 1. The second-order valence-electron chi connectivity index (χ2n) is 19.0. The quantitative estimate of drug-likeness (QED) is 0.282. The molecule has 1 unspecified atom stereocenters. The topological polar surface area (TPSA) is 119 Å². The van der Waals surface area contributed by atoms with Crippen molar-refractivity contribution in [3.05, 3.63) is 46.3 Å². The number of carbonyl (C=O) groups excluding carboxylic acids is 4. The van der Waals surface area contributed by atoms with E-state index < -0.39 is 34.6 Å². The molecule has 0 aliphatic heterocycles. The second kappa shape index (κ2) is 11.7. The van der Waals surface area contributed by atoms with E-state index >= 15 is 0 Å². The lowest BCUT2D eigenvalue weighted by Crippen LogP contribution is -2.63. The summed E-state index contributed by atoms with van der Waals surface area (Å²) in [6.45, 7) is 23.9. The highest BCUT2D eigenvalue weighted by atomic mass is 16.6. The molecule has 0 aromatic heterocycles. The van der Waals surface area contributed by atoms with Crippen molar-refractivity contribution in [2.45, 2.75) is 152 Å². The largest absolute Gasteiger partial charge is 0.504 e. The van der Waals surface area contributed by atoms with Crippen molar-refractivity contribution >= 4 is 23.6 Å². The minimum atomic E-state index is -1.16. The molecule has 5 aliphatic carbocycles. The highest BCUT2D eigenvalue weighted by Crippen LogP contribution is 2.75. The molecule has 0 radical (unpaired) electrons. The predicted octanol–water partition coefficient (Wildman–Crippen LogP) is 8.17. The molecule has 0 spiro atoms. The number of fused-ring (bicyclic) bond motifs is 7. The zero-order valence-corrected chi connectivity index (χ0v) is 31.9. The van der Waals surface area contributed by atoms with E-state index in [4.69, 9.17) is 9.47 Å². The molecule has 8 heteroatoms. The van der Waals surface area contributed by atoms with Gasteiger partial charge in [0.25, 0.3) is 0 Å². The number of esters is 2. The van der Waals surface area contributed by atoms with Gasteiger partial charge in [-0.2, -0.15) is 0 Å². The van der Waals surface area contributed by atoms with Gasteiger partial charge in [-0.3, -0.25) is 14.4 Å². The molecule has 5 rings (SSSR count). The summed E-state index contributed by atoms with van der Waals surface area (Å²) in [7, 11) is 0. The molecule has 3 fully saturated rings. The smallest absolute Gasteiger partial charge is 0.329 e. The number of allylic oxidation sites excluding steroid dienone is 7. The highest BCUT2D eigenvalue weighted by Gasteiger charge is 2.67. The SMILES string of the molecule is CC1=C(O)C(=O)C=C2C1=CC=C1[C@@]2(C)CC[C@@]2(C)[C@@H]3C[C@](C)(C(=O)NC(CC(=O)OC(C)(C)C)C(=O)OC(C)(C)C)CC[C@]3(C)CC[C@]12C. The molecule has 0 saturated heterocycles. The van der Waals surface area contributed by atoms with Crippen LogP contribution < -0.4 is 5.32 Å². The van der Waals surface area contributed by atoms with Gasteiger partial charge in [0, 0.05) is 16.4 Å². The van der Waals surface area contributed by atoms with Crippen molar-refractivity contribution in [1.82, 2.24) is 5.32 Å². The summed E-state index contributed by atoms with van der Waals surface area (Å²) >= 11 is 0. The number of aliphatic hydroxyl groups excluding tert-OH is 1. The van der Waals surface area contributed by atoms with Crippen LogP contribution in [0.15, 0.2) is 46.3 Å². The van der Waals surface area contributed by atoms with Gasteiger partial charge in [0.15, 0.2) is 5.76 Å². The van der Waals surface area contributed by atoms with Crippen molar-refractivity contribution in [2.75, 3.05) is 0 Å². The van der Waals surface area contributed by atoms with Crippen LogP contribution in [-0.4, -0.2) is 46.0 Å². The first kappa shape index (κ1) is 37.1. The van der Waals surface area contributed by atoms with E-state index in [1.54, 1.807) is 47.6 Å². The summed E-state index contributed by atoms with van der Waals surface area (Å²) < 4.78 is 11.2. The van der Waals surface area contributed by atoms with Crippen molar-refractivity contribution in [1.29, 1.82) is 0 Å². The van der Waals surface area contributed by atoms with Gasteiger partial charge in [0.2, 0.25) is 11.7 Å². The maximum Gasteiger partial charge on any atom is 0.329 e. The Kier molecular flexibility index (Phi) is 8.86. The molecule has 1 amide bonds. The number of ketones is 1. The van der Waals surface area contributed by atoms with Crippen LogP contribution in [0.1, 0.15) is 134 Å². The van der Waals surface area contributed by atoms with E-state index in [2.05, 4.69) is 45.2 Å². The molecule has 2 N–H and O–H groups in total. The van der Waals surface area contributed by atoms with E-state index in [-0.39, 0.29) is 51.4 Å². The Morgan fingerprint density at radius 2 is 1.51 bits per heavy atom. The Hall–Kier alpha value is -3.16. The average molecular weight is 678 g/mol. The summed E-state index contributed by atoms with van der Waals surface area (Å²) in [5, 5.41) is 13.4. The number of carbonyl (C=O) groups is 4. The molecule has 49 heavy (non-hydrogen) atoms. The number of ether oxygens (including phenoxy) is 2. The van der Waals surface area contributed by atoms with E-state index in [1.165, 1.54) is 5.57 Å². The molecule has 270 valence electrons. The maximum atomic E-state index is 14.4. The minimum absolute atomic E-state index is 0.0459. The number of hydrogen-bond acceptors (Lipinski definition) is 7. The lowest BCUT2D eigenvalue weighted by Gasteiger charge is -2.70. The Labute approximate surface area is 293 Å². The molecule has 8 nitrogen and oxygen atoms in total. The van der Waals surface area contributed by atoms with Crippen molar-refractivity contribution < 1.29 is 33.8 Å². The first-order valence-corrected chi connectivity index (χ1v) is 18.1. The standard InChI is InChI=1S/C41H59NO7/c1-24-25-13-14-29-39(10,26(25)21-28(43)32(24)45)18-20-41(12)30-23-38(9,16-15-37(30,8)17-19-40(29,41)11)34(47)42-27(33(46)49-36(5,6)7)22-31(44)48-35(2,3)4/h13-14,21,27,30,45H,15-20,22-23H2,1-12H3,(H,42,47)/t27?,30-,37-,38-,39+,40-,41+/m1/s1. The van der Waals surface area contributed by atoms with Crippen LogP contribution in [-0.2, 0) is 28.7 Å². The van der Waals surface area contributed by atoms with Crippen molar-refractivity contribution in [3.63, 3.8) is 0 Å². The first-order chi connectivity index (χ1) is 22.3. The van der Waals surface area contributed by atoms with Gasteiger partial charge in [0.1, 0.15) is 17.2 Å². The van der Waals surface area contributed by atoms with Gasteiger partial charge in [-0.05, 0) is 133 Å². The van der Waals surface area contributed by atoms with Gasteiger partial charge in [-0.15, -0.1) is 0 Å². The normalized spacial score (nSPS) is 36.4. The molecular weight excluding hydrogens is 618 g/mol. The fraction of sp³-hybridized carbons (Fsp3) is 0.707. The van der Waals surface area contributed by atoms with E-state index in [0.29, 0.717) is 18.4 Å². The predicted molar refractivity (Wildman–Crippen MR) is 189 cm³/mol. The van der Waals surface area contributed by atoms with Gasteiger partial charge < -0.3 is 19.9 Å². The third-order valence-electron chi connectivity index (χ3n) is 13.2. The molecule has 0 heterocycles. The van der Waals surface area contributed by atoms with Crippen LogP contribution in [0.4, 0.5) is 0 Å². The summed E-state index contributed by atoms with van der Waals surface area (Å²) in [5.41, 5.74) is 1.05. The van der Waals surface area contributed by atoms with Crippen LogP contribution in [0.3, 0.4) is 0 Å². The van der Waals surface area contributed by atoms with Gasteiger partial charge in [-0.1, -0.05) is 52.3 Å². The van der Waals surface area contributed by atoms with E-state index in [1.807, 2.05) is 13.8 Å². The zero-order chi connectivity index (χ0) is 36.8. The minimum Gasteiger partial charge on any atom is -0.504 e. The number of hydrogen-bond donors (Lipinski definition) is 2. The van der Waals surface area contributed by atoms with Crippen molar-refractivity contribution in [3.8, 4) is 0 Å². The third-order valence-corrected chi connectivity index (χ3v) is 13.2. The van der Waals surface area contributed by atoms with Crippen LogP contribution >= 0.6 is 0 Å². The molecule has 0 aromatic rings. The molecule has 3 saturated carbocycles. The van der Waals surface area contributed by atoms with E-state index in [9.17, 15) is 24.3 Å². The van der Waals surface area contributed by atoms with Crippen LogP contribution in [0.5, 0.6) is 0 Å². The van der Waals surface area contributed by atoms with Gasteiger partial charge in [-0.25, -0.2) is 4.79 Å². The molecular formula is C41H59NO7. The molecule has 5 aliphatic rings. The van der Waals surface area contributed by atoms with Crippen LogP contribution in [0.2, 0.25) is 0 Å². The van der Waals surface area contributed by atoms with Crippen molar-refractivity contribution in [2.24, 2.45) is 33.0 Å². The summed E-state index contributed by atoms with van der Waals surface area (Å²) in [5.74, 6) is -1.73. The van der Waals surface area contributed by atoms with Gasteiger partial charge in [0.05, 0.1) is 6.42 Å². The van der Waals surface area contributed by atoms with Gasteiger partial charge >= 0.3 is 11.9 Å².